The van der Waals surface area contributed by atoms with E-state index in [1.165, 1.54) is 0 Å². The lowest BCUT2D eigenvalue weighted by Crippen LogP contribution is -2.41. The Kier molecular flexibility index (Phi) is 4.16. The van der Waals surface area contributed by atoms with Crippen molar-refractivity contribution in [2.75, 3.05) is 13.1 Å². The van der Waals surface area contributed by atoms with E-state index in [0.717, 1.165) is 0 Å². The lowest BCUT2D eigenvalue weighted by molar-refractivity contribution is -0.139. The van der Waals surface area contributed by atoms with E-state index in [1.807, 2.05) is 0 Å². The van der Waals surface area contributed by atoms with Crippen LogP contribution in [0.5, 0.6) is 0 Å². The van der Waals surface area contributed by atoms with Crippen molar-refractivity contribution < 1.29 is 19.8 Å². The standard InChI is InChI=1S/C5H10N2O4/c6-3(5(10)11)1-7-2-4(8)9/h3,7H,1-2,6H2,(H,8,9)(H,10,11). The van der Waals surface area contributed by atoms with Crippen molar-refractivity contribution in [3.8, 4) is 0 Å². The molecule has 0 aliphatic rings. The molecule has 0 aromatic carbocycles. The molecule has 0 rings (SSSR count). The zero-order valence-electron chi connectivity index (χ0n) is 5.78. The normalized spacial score (nSPS) is 12.5. The van der Waals surface area contributed by atoms with Crippen LogP contribution in [0.3, 0.4) is 0 Å². The largest absolute Gasteiger partial charge is 0.480 e. The van der Waals surface area contributed by atoms with E-state index in [9.17, 15) is 9.59 Å². The molecule has 6 heteroatoms. The number of nitrogens with two attached hydrogens (primary N) is 1. The van der Waals surface area contributed by atoms with Crippen molar-refractivity contribution in [1.29, 1.82) is 0 Å². The first kappa shape index (κ1) is 9.86. The van der Waals surface area contributed by atoms with E-state index in [4.69, 9.17) is 15.9 Å². The van der Waals surface area contributed by atoms with Gasteiger partial charge in [0, 0.05) is 6.54 Å². The Labute approximate surface area is 63.0 Å². The van der Waals surface area contributed by atoms with Gasteiger partial charge in [0.2, 0.25) is 0 Å². The molecule has 1 atom stereocenters. The number of carboxylic acid groups (broad SMARTS) is 2. The van der Waals surface area contributed by atoms with E-state index in [1.54, 1.807) is 0 Å². The smallest absolute Gasteiger partial charge is 0.321 e. The molecule has 0 aromatic heterocycles. The summed E-state index contributed by atoms with van der Waals surface area (Å²) in [4.78, 5) is 20.0. The number of aliphatic carboxylic acids is 2. The third kappa shape index (κ3) is 5.31. The van der Waals surface area contributed by atoms with Gasteiger partial charge in [-0.2, -0.15) is 0 Å². The van der Waals surface area contributed by atoms with E-state index in [-0.39, 0.29) is 13.1 Å². The molecular formula is C5H10N2O4. The van der Waals surface area contributed by atoms with E-state index in [0.29, 0.717) is 0 Å². The molecule has 0 amide bonds. The monoisotopic (exact) mass is 162 g/mol. The van der Waals surface area contributed by atoms with Crippen LogP contribution in [-0.2, 0) is 9.59 Å². The molecule has 0 radical (unpaired) electrons. The fraction of sp³-hybridized carbons (Fsp3) is 0.600. The maximum absolute atomic E-state index is 10.1. The highest BCUT2D eigenvalue weighted by molar-refractivity contribution is 5.73. The van der Waals surface area contributed by atoms with Crippen LogP contribution in [0.1, 0.15) is 0 Å². The molecule has 1 unspecified atom stereocenters. The first-order chi connectivity index (χ1) is 5.04. The summed E-state index contributed by atoms with van der Waals surface area (Å²) in [5.74, 6) is -2.19. The summed E-state index contributed by atoms with van der Waals surface area (Å²) in [5, 5.41) is 18.7. The highest BCUT2D eigenvalue weighted by Crippen LogP contribution is 1.74. The molecule has 0 saturated carbocycles. The zero-order chi connectivity index (χ0) is 8.85. The third-order valence-electron chi connectivity index (χ3n) is 0.958. The van der Waals surface area contributed by atoms with Gasteiger partial charge in [0.15, 0.2) is 0 Å². The minimum absolute atomic E-state index is 0.0400. The van der Waals surface area contributed by atoms with Gasteiger partial charge >= 0.3 is 11.9 Å². The highest BCUT2D eigenvalue weighted by atomic mass is 16.4. The van der Waals surface area contributed by atoms with Crippen molar-refractivity contribution in [3.05, 3.63) is 0 Å². The third-order valence-corrected chi connectivity index (χ3v) is 0.958. The predicted octanol–water partition coefficient (Wildman–Crippen LogP) is -1.93. The second-order valence-electron chi connectivity index (χ2n) is 1.97. The van der Waals surface area contributed by atoms with Gasteiger partial charge in [-0.25, -0.2) is 0 Å². The molecule has 0 aliphatic carbocycles. The Balaban J connectivity index is 3.39. The average Bonchev–Trinajstić information content (AvgIpc) is 1.86. The van der Waals surface area contributed by atoms with Crippen molar-refractivity contribution >= 4 is 11.9 Å². The van der Waals surface area contributed by atoms with Gasteiger partial charge in [-0.3, -0.25) is 9.59 Å². The van der Waals surface area contributed by atoms with Gasteiger partial charge in [0.1, 0.15) is 6.04 Å². The quantitative estimate of drug-likeness (QED) is 0.374. The SMILES string of the molecule is NC(CNCC(=O)O)C(=O)O. The van der Waals surface area contributed by atoms with Gasteiger partial charge < -0.3 is 21.3 Å². The van der Waals surface area contributed by atoms with E-state index >= 15 is 0 Å². The molecule has 0 bridgehead atoms. The zero-order valence-corrected chi connectivity index (χ0v) is 5.78. The van der Waals surface area contributed by atoms with Crippen molar-refractivity contribution in [1.82, 2.24) is 5.32 Å². The second kappa shape index (κ2) is 4.64. The van der Waals surface area contributed by atoms with Crippen LogP contribution in [0.15, 0.2) is 0 Å². The van der Waals surface area contributed by atoms with Gasteiger partial charge in [-0.05, 0) is 0 Å². The van der Waals surface area contributed by atoms with Crippen LogP contribution in [0.4, 0.5) is 0 Å². The predicted molar refractivity (Wildman–Crippen MR) is 36.1 cm³/mol. The average molecular weight is 162 g/mol. The van der Waals surface area contributed by atoms with Gasteiger partial charge in [-0.15, -0.1) is 0 Å². The van der Waals surface area contributed by atoms with E-state index in [2.05, 4.69) is 5.32 Å². The lowest BCUT2D eigenvalue weighted by Gasteiger charge is -2.05. The van der Waals surface area contributed by atoms with Crippen LogP contribution >= 0.6 is 0 Å². The molecule has 0 aromatic rings. The topological polar surface area (TPSA) is 113 Å². The Bertz CT molecular complexity index is 159. The van der Waals surface area contributed by atoms with Gasteiger partial charge in [0.25, 0.3) is 0 Å². The van der Waals surface area contributed by atoms with Crippen molar-refractivity contribution in [3.63, 3.8) is 0 Å². The summed E-state index contributed by atoms with van der Waals surface area (Å²) in [7, 11) is 0. The first-order valence-corrected chi connectivity index (χ1v) is 2.95. The minimum atomic E-state index is -1.15. The Morgan fingerprint density at radius 3 is 2.36 bits per heavy atom. The van der Waals surface area contributed by atoms with Crippen molar-refractivity contribution in [2.45, 2.75) is 6.04 Å². The summed E-state index contributed by atoms with van der Waals surface area (Å²) >= 11 is 0. The molecule has 0 saturated heterocycles. The molecule has 6 nitrogen and oxygen atoms in total. The van der Waals surface area contributed by atoms with Crippen molar-refractivity contribution in [2.24, 2.45) is 5.73 Å². The van der Waals surface area contributed by atoms with Crippen LogP contribution in [0.25, 0.3) is 0 Å². The molecule has 0 fully saturated rings. The fourth-order valence-electron chi connectivity index (χ4n) is 0.422. The molecule has 0 aliphatic heterocycles. The number of nitrogens with one attached hydrogen (secondary N) is 1. The van der Waals surface area contributed by atoms with Crippen LogP contribution in [0.2, 0.25) is 0 Å². The molecule has 0 spiro atoms. The molecular weight excluding hydrogens is 152 g/mol. The minimum Gasteiger partial charge on any atom is -0.480 e. The molecule has 0 heterocycles. The van der Waals surface area contributed by atoms with Crippen LogP contribution < -0.4 is 11.1 Å². The molecule has 11 heavy (non-hydrogen) atoms. The van der Waals surface area contributed by atoms with Crippen LogP contribution in [-0.4, -0.2) is 41.3 Å². The Hall–Kier alpha value is -1.14. The van der Waals surface area contributed by atoms with Gasteiger partial charge in [-0.1, -0.05) is 0 Å². The summed E-state index contributed by atoms with van der Waals surface area (Å²) in [6.45, 7) is -0.317. The van der Waals surface area contributed by atoms with Crippen LogP contribution in [0, 0.1) is 0 Å². The lowest BCUT2D eigenvalue weighted by atomic mass is 10.3. The summed E-state index contributed by atoms with van der Waals surface area (Å²) < 4.78 is 0. The summed E-state index contributed by atoms with van der Waals surface area (Å²) in [6.07, 6.45) is 0. The number of carboxylic acids is 2. The number of rotatable bonds is 5. The van der Waals surface area contributed by atoms with E-state index < -0.39 is 18.0 Å². The first-order valence-electron chi connectivity index (χ1n) is 2.95. The summed E-state index contributed by atoms with van der Waals surface area (Å²) in [5.41, 5.74) is 5.05. The molecule has 64 valence electrons. The highest BCUT2D eigenvalue weighted by Gasteiger charge is 2.10. The Morgan fingerprint density at radius 1 is 1.45 bits per heavy atom. The number of hydrogen-bond donors (Lipinski definition) is 4. The molecule has 5 N–H and O–H groups in total. The Morgan fingerprint density at radius 2 is 2.00 bits per heavy atom. The number of carbonyl (C=O) groups is 2. The summed E-state index contributed by atoms with van der Waals surface area (Å²) in [6, 6.07) is -1.05. The maximum Gasteiger partial charge on any atom is 0.321 e. The fourth-order valence-corrected chi connectivity index (χ4v) is 0.422. The second-order valence-corrected chi connectivity index (χ2v) is 1.97. The number of hydrogen-bond acceptors (Lipinski definition) is 4. The van der Waals surface area contributed by atoms with Gasteiger partial charge in [0.05, 0.1) is 6.54 Å². The maximum atomic E-state index is 10.1.